The van der Waals surface area contributed by atoms with Gasteiger partial charge in [-0.05, 0) is 19.1 Å². The molecule has 3 amide bonds. The van der Waals surface area contributed by atoms with Gasteiger partial charge < -0.3 is 26.2 Å². The lowest BCUT2D eigenvalue weighted by atomic mass is 10.2. The smallest absolute Gasteiger partial charge is 0.339 e. The van der Waals surface area contributed by atoms with E-state index in [1.807, 2.05) is 0 Å². The van der Waals surface area contributed by atoms with Crippen molar-refractivity contribution in [3.05, 3.63) is 23.8 Å². The van der Waals surface area contributed by atoms with Crippen LogP contribution in [0.25, 0.3) is 0 Å². The molecule has 0 aromatic heterocycles. The third-order valence-corrected chi connectivity index (χ3v) is 2.57. The quantitative estimate of drug-likeness (QED) is 0.616. The van der Waals surface area contributed by atoms with Crippen molar-refractivity contribution in [2.75, 3.05) is 12.4 Å². The topological polar surface area (TPSA) is 131 Å². The number of nitrogens with one attached hydrogen (secondary N) is 2. The summed E-state index contributed by atoms with van der Waals surface area (Å²) in [6, 6.07) is 3.20. The fourth-order valence-electron chi connectivity index (χ4n) is 1.69. The zero-order valence-electron chi connectivity index (χ0n) is 11.7. The molecule has 0 radical (unpaired) electrons. The number of carboxylic acids is 1. The molecule has 8 heteroatoms. The molecule has 0 aliphatic carbocycles. The summed E-state index contributed by atoms with van der Waals surface area (Å²) in [6.45, 7) is 1.64. The van der Waals surface area contributed by atoms with Crippen molar-refractivity contribution < 1.29 is 24.2 Å². The van der Waals surface area contributed by atoms with Crippen molar-refractivity contribution in [1.29, 1.82) is 0 Å². The second-order valence-electron chi connectivity index (χ2n) is 4.39. The Balaban J connectivity index is 2.72. The Labute approximate surface area is 121 Å². The number of primary amides is 1. The van der Waals surface area contributed by atoms with Crippen molar-refractivity contribution in [1.82, 2.24) is 5.32 Å². The van der Waals surface area contributed by atoms with E-state index >= 15 is 0 Å². The number of methoxy groups -OCH3 is 1. The van der Waals surface area contributed by atoms with Gasteiger partial charge in [0.25, 0.3) is 0 Å². The number of nitrogens with two attached hydrogens (primary N) is 1. The van der Waals surface area contributed by atoms with E-state index in [1.54, 1.807) is 6.92 Å². The number of hydrogen-bond acceptors (Lipinski definition) is 4. The highest BCUT2D eigenvalue weighted by molar-refractivity contribution is 5.94. The van der Waals surface area contributed by atoms with Crippen molar-refractivity contribution >= 4 is 23.6 Å². The SMILES string of the molecule is COc1cc(NC(=O)NC(C)CC(N)=O)ccc1C(=O)O. The van der Waals surface area contributed by atoms with Crippen LogP contribution in [0.5, 0.6) is 5.75 Å². The maximum Gasteiger partial charge on any atom is 0.339 e. The van der Waals surface area contributed by atoms with Crippen molar-refractivity contribution in [3.8, 4) is 5.75 Å². The van der Waals surface area contributed by atoms with Crippen molar-refractivity contribution in [2.45, 2.75) is 19.4 Å². The van der Waals surface area contributed by atoms with E-state index in [-0.39, 0.29) is 17.7 Å². The van der Waals surface area contributed by atoms with E-state index in [2.05, 4.69) is 10.6 Å². The Morgan fingerprint density at radius 2 is 2.05 bits per heavy atom. The Bertz CT molecular complexity index is 559. The second kappa shape index (κ2) is 7.13. The molecule has 0 fully saturated rings. The molecular formula is C13H17N3O5. The summed E-state index contributed by atoms with van der Waals surface area (Å²) in [7, 11) is 1.33. The summed E-state index contributed by atoms with van der Waals surface area (Å²) in [4.78, 5) is 33.3. The first-order valence-corrected chi connectivity index (χ1v) is 6.10. The molecule has 1 unspecified atom stereocenters. The Kier molecular flexibility index (Phi) is 5.53. The Morgan fingerprint density at radius 3 is 2.57 bits per heavy atom. The van der Waals surface area contributed by atoms with Crippen LogP contribution in [0.4, 0.5) is 10.5 Å². The predicted octanol–water partition coefficient (Wildman–Crippen LogP) is 0.779. The highest BCUT2D eigenvalue weighted by Crippen LogP contribution is 2.23. The van der Waals surface area contributed by atoms with Crippen LogP contribution in [-0.4, -0.2) is 36.2 Å². The number of rotatable bonds is 6. The van der Waals surface area contributed by atoms with Gasteiger partial charge >= 0.3 is 12.0 Å². The summed E-state index contributed by atoms with van der Waals surface area (Å²) >= 11 is 0. The minimum absolute atomic E-state index is 0.00875. The maximum atomic E-state index is 11.7. The number of urea groups is 1. The molecule has 5 N–H and O–H groups in total. The van der Waals surface area contributed by atoms with Crippen LogP contribution in [0.1, 0.15) is 23.7 Å². The first-order valence-electron chi connectivity index (χ1n) is 6.10. The normalized spacial score (nSPS) is 11.3. The number of carboxylic acid groups (broad SMARTS) is 1. The molecule has 0 saturated carbocycles. The summed E-state index contributed by atoms with van der Waals surface area (Å²) < 4.78 is 4.95. The van der Waals surface area contributed by atoms with Gasteiger partial charge in [-0.15, -0.1) is 0 Å². The largest absolute Gasteiger partial charge is 0.496 e. The maximum absolute atomic E-state index is 11.7. The fourth-order valence-corrected chi connectivity index (χ4v) is 1.69. The molecule has 21 heavy (non-hydrogen) atoms. The Hall–Kier alpha value is -2.77. The van der Waals surface area contributed by atoms with Gasteiger partial charge in [0.2, 0.25) is 5.91 Å². The molecule has 0 spiro atoms. The summed E-state index contributed by atoms with van der Waals surface area (Å²) in [5, 5.41) is 14.0. The molecule has 1 aromatic rings. The lowest BCUT2D eigenvalue weighted by Gasteiger charge is -2.14. The molecule has 1 atom stereocenters. The number of anilines is 1. The van der Waals surface area contributed by atoms with Gasteiger partial charge in [0.05, 0.1) is 7.11 Å². The standard InChI is InChI=1S/C13H17N3O5/c1-7(5-11(14)17)15-13(20)16-8-3-4-9(12(18)19)10(6-8)21-2/h3-4,6-7H,5H2,1-2H3,(H2,14,17)(H,18,19)(H2,15,16,20). The molecule has 8 nitrogen and oxygen atoms in total. The van der Waals surface area contributed by atoms with Crippen molar-refractivity contribution in [3.63, 3.8) is 0 Å². The first kappa shape index (κ1) is 16.3. The first-order chi connectivity index (χ1) is 9.83. The number of aromatic carboxylic acids is 1. The van der Waals surface area contributed by atoms with E-state index in [0.29, 0.717) is 5.69 Å². The van der Waals surface area contributed by atoms with Crippen LogP contribution in [0.2, 0.25) is 0 Å². The van der Waals surface area contributed by atoms with E-state index in [4.69, 9.17) is 15.6 Å². The molecule has 0 heterocycles. The third kappa shape index (κ3) is 5.01. The molecule has 0 aliphatic heterocycles. The van der Waals surface area contributed by atoms with Gasteiger partial charge in [0, 0.05) is 24.2 Å². The molecular weight excluding hydrogens is 278 g/mol. The van der Waals surface area contributed by atoms with Gasteiger partial charge in [0.1, 0.15) is 11.3 Å². The van der Waals surface area contributed by atoms with Gasteiger partial charge in [-0.2, -0.15) is 0 Å². The van der Waals surface area contributed by atoms with E-state index in [9.17, 15) is 14.4 Å². The van der Waals surface area contributed by atoms with Crippen LogP contribution in [0.3, 0.4) is 0 Å². The van der Waals surface area contributed by atoms with Gasteiger partial charge in [0.15, 0.2) is 0 Å². The highest BCUT2D eigenvalue weighted by atomic mass is 16.5. The van der Waals surface area contributed by atoms with E-state index < -0.39 is 23.9 Å². The van der Waals surface area contributed by atoms with Crippen LogP contribution in [0, 0.1) is 0 Å². The average Bonchev–Trinajstić information content (AvgIpc) is 2.36. The lowest BCUT2D eigenvalue weighted by molar-refractivity contribution is -0.118. The number of amides is 3. The van der Waals surface area contributed by atoms with Crippen molar-refractivity contribution in [2.24, 2.45) is 5.73 Å². The van der Waals surface area contributed by atoms with Gasteiger partial charge in [-0.25, -0.2) is 9.59 Å². The van der Waals surface area contributed by atoms with Crippen LogP contribution < -0.4 is 21.1 Å². The highest BCUT2D eigenvalue weighted by Gasteiger charge is 2.13. The van der Waals surface area contributed by atoms with Gasteiger partial charge in [-0.1, -0.05) is 0 Å². The minimum Gasteiger partial charge on any atom is -0.496 e. The molecule has 0 aliphatic rings. The zero-order valence-corrected chi connectivity index (χ0v) is 11.7. The second-order valence-corrected chi connectivity index (χ2v) is 4.39. The van der Waals surface area contributed by atoms with Crippen LogP contribution >= 0.6 is 0 Å². The van der Waals surface area contributed by atoms with Crippen LogP contribution in [0.15, 0.2) is 18.2 Å². The summed E-state index contributed by atoms with van der Waals surface area (Å²) in [5.41, 5.74) is 5.37. The number of ether oxygens (including phenoxy) is 1. The summed E-state index contributed by atoms with van der Waals surface area (Å²) in [5.74, 6) is -1.52. The van der Waals surface area contributed by atoms with Gasteiger partial charge in [-0.3, -0.25) is 4.79 Å². The molecule has 0 saturated heterocycles. The number of carbonyl (C=O) groups is 3. The average molecular weight is 295 g/mol. The minimum atomic E-state index is -1.13. The van der Waals surface area contributed by atoms with Crippen LogP contribution in [-0.2, 0) is 4.79 Å². The Morgan fingerprint density at radius 1 is 1.38 bits per heavy atom. The number of benzene rings is 1. The number of carbonyl (C=O) groups excluding carboxylic acids is 2. The van der Waals surface area contributed by atoms with E-state index in [0.717, 1.165) is 0 Å². The predicted molar refractivity (Wildman–Crippen MR) is 75.4 cm³/mol. The molecule has 114 valence electrons. The zero-order chi connectivity index (χ0) is 16.0. The monoisotopic (exact) mass is 295 g/mol. The summed E-state index contributed by atoms with van der Waals surface area (Å²) in [6.07, 6.45) is 0.0225. The molecule has 1 aromatic carbocycles. The fraction of sp³-hybridized carbons (Fsp3) is 0.308. The molecule has 1 rings (SSSR count). The van der Waals surface area contributed by atoms with E-state index in [1.165, 1.54) is 25.3 Å². The number of hydrogen-bond donors (Lipinski definition) is 4. The lowest BCUT2D eigenvalue weighted by Crippen LogP contribution is -2.38. The third-order valence-electron chi connectivity index (χ3n) is 2.57. The molecule has 0 bridgehead atoms.